The van der Waals surface area contributed by atoms with Crippen LogP contribution in [-0.4, -0.2) is 31.7 Å². The predicted octanol–water partition coefficient (Wildman–Crippen LogP) is 4.93. The van der Waals surface area contributed by atoms with Crippen LogP contribution in [0.2, 0.25) is 0 Å². The van der Waals surface area contributed by atoms with E-state index in [9.17, 15) is 13.2 Å². The summed E-state index contributed by atoms with van der Waals surface area (Å²) in [5.41, 5.74) is 1.98. The van der Waals surface area contributed by atoms with Gasteiger partial charge in [-0.05, 0) is 43.7 Å². The molecule has 166 valence electrons. The summed E-state index contributed by atoms with van der Waals surface area (Å²) in [6.45, 7) is 3.28. The van der Waals surface area contributed by atoms with Crippen molar-refractivity contribution in [2.24, 2.45) is 0 Å². The first-order chi connectivity index (χ1) is 15.3. The monoisotopic (exact) mass is 470 g/mol. The molecule has 0 saturated heterocycles. The van der Waals surface area contributed by atoms with Gasteiger partial charge in [-0.2, -0.15) is 0 Å². The van der Waals surface area contributed by atoms with E-state index in [2.05, 4.69) is 10.3 Å². The maximum atomic E-state index is 12.4. The minimum atomic E-state index is -3.33. The number of aromatic nitrogens is 1. The number of nitrogens with zero attached hydrogens (tertiary/aromatic N) is 1. The first-order valence-corrected chi connectivity index (χ1v) is 12.4. The lowest BCUT2D eigenvalue weighted by Gasteiger charge is -2.08. The third-order valence-corrected chi connectivity index (χ3v) is 7.90. The third kappa shape index (κ3) is 4.39. The Labute approximate surface area is 190 Å². The molecule has 7 nitrogen and oxygen atoms in total. The quantitative estimate of drug-likeness (QED) is 0.411. The minimum absolute atomic E-state index is 0.110. The molecule has 0 spiro atoms. The summed E-state index contributed by atoms with van der Waals surface area (Å²) in [6, 6.07) is 13.9. The molecule has 32 heavy (non-hydrogen) atoms. The Morgan fingerprint density at radius 1 is 1.19 bits per heavy atom. The van der Waals surface area contributed by atoms with E-state index >= 15 is 0 Å². The van der Waals surface area contributed by atoms with E-state index in [0.717, 1.165) is 5.39 Å². The number of hydrogen-bond donors (Lipinski definition) is 1. The van der Waals surface area contributed by atoms with E-state index in [-0.39, 0.29) is 17.2 Å². The zero-order valence-corrected chi connectivity index (χ0v) is 19.4. The molecular weight excluding hydrogens is 448 g/mol. The number of para-hydroxylation sites is 1. The van der Waals surface area contributed by atoms with Gasteiger partial charge >= 0.3 is 0 Å². The van der Waals surface area contributed by atoms with Gasteiger partial charge in [0, 0.05) is 10.8 Å². The van der Waals surface area contributed by atoms with E-state index in [1.807, 2.05) is 29.6 Å². The Kier molecular flexibility index (Phi) is 6.03. The van der Waals surface area contributed by atoms with Gasteiger partial charge in [0.2, 0.25) is 5.91 Å². The van der Waals surface area contributed by atoms with Crippen molar-refractivity contribution >= 4 is 43.2 Å². The number of furan rings is 1. The fraction of sp³-hybridized carbons (Fsp3) is 0.217. The van der Waals surface area contributed by atoms with Crippen molar-refractivity contribution in [1.29, 1.82) is 0 Å². The van der Waals surface area contributed by atoms with Crippen molar-refractivity contribution in [3.8, 4) is 17.2 Å². The number of sulfone groups is 1. The topological polar surface area (TPSA) is 98.5 Å². The number of fused-ring (bicyclic) bond motifs is 1. The molecule has 0 bridgehead atoms. The van der Waals surface area contributed by atoms with Crippen LogP contribution < -0.4 is 10.1 Å². The molecule has 1 amide bonds. The summed E-state index contributed by atoms with van der Waals surface area (Å²) >= 11 is 1.30. The second-order valence-electron chi connectivity index (χ2n) is 7.49. The number of thiazole rings is 1. The van der Waals surface area contributed by atoms with E-state index in [1.54, 1.807) is 33.1 Å². The average Bonchev–Trinajstić information content (AvgIpc) is 3.40. The number of methoxy groups -OCH3 is 1. The maximum Gasteiger partial charge on any atom is 0.230 e. The zero-order valence-electron chi connectivity index (χ0n) is 17.8. The van der Waals surface area contributed by atoms with Gasteiger partial charge in [-0.3, -0.25) is 4.79 Å². The van der Waals surface area contributed by atoms with Crippen LogP contribution in [-0.2, 0) is 21.1 Å². The lowest BCUT2D eigenvalue weighted by atomic mass is 10.1. The van der Waals surface area contributed by atoms with E-state index < -0.39 is 15.1 Å². The Morgan fingerprint density at radius 2 is 1.94 bits per heavy atom. The Morgan fingerprint density at radius 3 is 2.62 bits per heavy atom. The van der Waals surface area contributed by atoms with Crippen LogP contribution in [0.25, 0.3) is 22.4 Å². The molecule has 2 aromatic carbocycles. The molecule has 0 aliphatic heterocycles. The number of hydrogen-bond acceptors (Lipinski definition) is 7. The van der Waals surface area contributed by atoms with Crippen molar-refractivity contribution in [3.63, 3.8) is 0 Å². The molecular formula is C23H22N2O5S2. The van der Waals surface area contributed by atoms with Gasteiger partial charge in [-0.15, -0.1) is 11.3 Å². The van der Waals surface area contributed by atoms with Crippen molar-refractivity contribution < 1.29 is 22.4 Å². The number of nitrogens with one attached hydrogen (secondary N) is 1. The first-order valence-electron chi connectivity index (χ1n) is 9.93. The number of anilines is 1. The van der Waals surface area contributed by atoms with Gasteiger partial charge in [0.05, 0.1) is 23.7 Å². The first kappa shape index (κ1) is 22.0. The van der Waals surface area contributed by atoms with Gasteiger partial charge in [0.25, 0.3) is 0 Å². The highest BCUT2D eigenvalue weighted by atomic mass is 32.2. The minimum Gasteiger partial charge on any atom is -0.493 e. The normalized spacial score (nSPS) is 11.8. The van der Waals surface area contributed by atoms with E-state index in [4.69, 9.17) is 9.15 Å². The largest absolute Gasteiger partial charge is 0.493 e. The summed E-state index contributed by atoms with van der Waals surface area (Å²) in [4.78, 5) is 17.1. The second-order valence-corrected chi connectivity index (χ2v) is 10.9. The molecule has 4 rings (SSSR count). The smallest absolute Gasteiger partial charge is 0.230 e. The maximum absolute atomic E-state index is 12.4. The van der Waals surface area contributed by atoms with Gasteiger partial charge < -0.3 is 14.5 Å². The number of benzene rings is 2. The Bertz CT molecular complexity index is 1370. The Hall–Kier alpha value is -3.17. The molecule has 0 unspecified atom stereocenters. The van der Waals surface area contributed by atoms with Gasteiger partial charge in [-0.25, -0.2) is 13.4 Å². The molecule has 9 heteroatoms. The molecule has 2 aromatic heterocycles. The van der Waals surface area contributed by atoms with E-state index in [1.165, 1.54) is 23.5 Å². The van der Waals surface area contributed by atoms with Crippen LogP contribution in [0, 0.1) is 0 Å². The standard InChI is InChI=1S/C23H22N2O5S2/c1-14(2)32(27,28)17-9-7-15(8-10-17)11-21(26)25-23-24-18(13-31-23)20-12-16-5-4-6-19(29-3)22(16)30-20/h4-10,12-14H,11H2,1-3H3,(H,24,25,26). The highest BCUT2D eigenvalue weighted by molar-refractivity contribution is 7.92. The number of carbonyl (C=O) groups is 1. The molecule has 0 saturated carbocycles. The fourth-order valence-corrected chi connectivity index (χ4v) is 4.96. The highest BCUT2D eigenvalue weighted by Crippen LogP contribution is 2.34. The molecule has 1 N–H and O–H groups in total. The van der Waals surface area contributed by atoms with Crippen molar-refractivity contribution in [2.75, 3.05) is 12.4 Å². The Balaban J connectivity index is 1.44. The lowest BCUT2D eigenvalue weighted by molar-refractivity contribution is -0.115. The second kappa shape index (κ2) is 8.76. The van der Waals surface area contributed by atoms with Crippen LogP contribution in [0.1, 0.15) is 19.4 Å². The molecule has 4 aromatic rings. The van der Waals surface area contributed by atoms with Crippen molar-refractivity contribution in [2.45, 2.75) is 30.4 Å². The van der Waals surface area contributed by atoms with Crippen molar-refractivity contribution in [3.05, 3.63) is 59.5 Å². The molecule has 2 heterocycles. The van der Waals surface area contributed by atoms with Crippen LogP contribution in [0.15, 0.2) is 63.2 Å². The highest BCUT2D eigenvalue weighted by Gasteiger charge is 2.19. The molecule has 0 aliphatic rings. The molecule has 0 atom stereocenters. The fourth-order valence-electron chi connectivity index (χ4n) is 3.19. The van der Waals surface area contributed by atoms with Gasteiger partial charge in [0.1, 0.15) is 5.69 Å². The zero-order chi connectivity index (χ0) is 22.9. The summed E-state index contributed by atoms with van der Waals surface area (Å²) in [5, 5.41) is 5.46. The third-order valence-electron chi connectivity index (χ3n) is 4.97. The summed E-state index contributed by atoms with van der Waals surface area (Å²) < 4.78 is 35.7. The number of carbonyl (C=O) groups excluding carboxylic acids is 1. The van der Waals surface area contributed by atoms with Crippen LogP contribution in [0.4, 0.5) is 5.13 Å². The average molecular weight is 471 g/mol. The van der Waals surface area contributed by atoms with Crippen LogP contribution >= 0.6 is 11.3 Å². The van der Waals surface area contributed by atoms with Crippen molar-refractivity contribution in [1.82, 2.24) is 4.98 Å². The summed E-state index contributed by atoms with van der Waals surface area (Å²) in [5.74, 6) is 0.990. The van der Waals surface area contributed by atoms with Gasteiger partial charge in [-0.1, -0.05) is 24.3 Å². The SMILES string of the molecule is COc1cccc2cc(-c3csc(NC(=O)Cc4ccc(S(=O)(=O)C(C)C)cc4)n3)oc12. The summed E-state index contributed by atoms with van der Waals surface area (Å²) in [7, 11) is -1.75. The molecule has 0 aliphatic carbocycles. The number of rotatable bonds is 7. The van der Waals surface area contributed by atoms with Crippen LogP contribution in [0.5, 0.6) is 5.75 Å². The summed E-state index contributed by atoms with van der Waals surface area (Å²) in [6.07, 6.45) is 0.110. The van der Waals surface area contributed by atoms with Gasteiger partial charge in [0.15, 0.2) is 32.1 Å². The van der Waals surface area contributed by atoms with E-state index in [0.29, 0.717) is 33.5 Å². The van der Waals surface area contributed by atoms with Crippen LogP contribution in [0.3, 0.4) is 0 Å². The molecule has 0 radical (unpaired) electrons. The predicted molar refractivity (Wildman–Crippen MR) is 125 cm³/mol. The number of ether oxygens (including phenoxy) is 1. The number of amides is 1. The molecule has 0 fully saturated rings. The lowest BCUT2D eigenvalue weighted by Crippen LogP contribution is -2.15.